The molecule has 0 unspecified atom stereocenters. The second kappa shape index (κ2) is 4.73. The zero-order chi connectivity index (χ0) is 15.1. The summed E-state index contributed by atoms with van der Waals surface area (Å²) >= 11 is 0. The molecule has 6 heteroatoms. The topological polar surface area (TPSA) is 48.1 Å². The number of rotatable bonds is 1. The largest absolute Gasteiger partial charge is 0.491 e. The maximum atomic E-state index is 12.6. The van der Waals surface area contributed by atoms with E-state index in [4.69, 9.17) is 10.5 Å². The summed E-state index contributed by atoms with van der Waals surface area (Å²) in [5.74, 6) is 0.575. The van der Waals surface area contributed by atoms with Crippen LogP contribution in [0.3, 0.4) is 0 Å². The summed E-state index contributed by atoms with van der Waals surface area (Å²) in [5.41, 5.74) is 5.95. The molecule has 3 rings (SSSR count). The fourth-order valence-corrected chi connectivity index (χ4v) is 2.52. The lowest BCUT2D eigenvalue weighted by Crippen LogP contribution is -2.43. The van der Waals surface area contributed by atoms with Gasteiger partial charge in [0.25, 0.3) is 0 Å². The van der Waals surface area contributed by atoms with Crippen molar-refractivity contribution in [2.45, 2.75) is 18.1 Å². The number of nitrogens with zero attached hydrogens (tertiary/aromatic N) is 1. The Morgan fingerprint density at radius 2 is 1.86 bits per heavy atom. The molecule has 3 nitrogen and oxygen atoms in total. The lowest BCUT2D eigenvalue weighted by Gasteiger charge is -2.34. The minimum atomic E-state index is -4.36. The Morgan fingerprint density at radius 1 is 1.14 bits per heavy atom. The van der Waals surface area contributed by atoms with Gasteiger partial charge in [0, 0.05) is 12.6 Å². The molecule has 1 aromatic heterocycles. The number of pyridine rings is 1. The van der Waals surface area contributed by atoms with Gasteiger partial charge in [-0.2, -0.15) is 13.2 Å². The molecule has 0 fully saturated rings. The first-order valence-electron chi connectivity index (χ1n) is 6.46. The third kappa shape index (κ3) is 2.35. The zero-order valence-corrected chi connectivity index (χ0v) is 11.0. The number of fused-ring (bicyclic) bond motifs is 1. The summed E-state index contributed by atoms with van der Waals surface area (Å²) in [7, 11) is 0. The molecule has 110 valence electrons. The Kier molecular flexibility index (Phi) is 3.13. The first-order chi connectivity index (χ1) is 9.91. The maximum Gasteiger partial charge on any atom is 0.416 e. The minimum absolute atomic E-state index is 0.399. The lowest BCUT2D eigenvalue weighted by molar-refractivity contribution is -0.137. The van der Waals surface area contributed by atoms with E-state index in [1.807, 2.05) is 0 Å². The molecular weight excluding hydrogens is 281 g/mol. The molecule has 0 amide bonds. The molecule has 2 N–H and O–H groups in total. The van der Waals surface area contributed by atoms with E-state index in [0.29, 0.717) is 30.0 Å². The number of aromatic nitrogens is 1. The van der Waals surface area contributed by atoms with Crippen molar-refractivity contribution < 1.29 is 17.9 Å². The average Bonchev–Trinajstić information content (AvgIpc) is 2.47. The number of hydrogen-bond acceptors (Lipinski definition) is 3. The van der Waals surface area contributed by atoms with Crippen molar-refractivity contribution in [3.05, 3.63) is 59.4 Å². The fraction of sp³-hybridized carbons (Fsp3) is 0.267. The second-order valence-corrected chi connectivity index (χ2v) is 5.00. The lowest BCUT2D eigenvalue weighted by atomic mass is 9.82. The first-order valence-corrected chi connectivity index (χ1v) is 6.46. The first kappa shape index (κ1) is 13.9. The Morgan fingerprint density at radius 3 is 2.52 bits per heavy atom. The Labute approximate surface area is 119 Å². The molecule has 0 saturated carbocycles. The van der Waals surface area contributed by atoms with E-state index in [2.05, 4.69) is 4.98 Å². The van der Waals surface area contributed by atoms with Crippen molar-refractivity contribution >= 4 is 0 Å². The molecule has 1 aliphatic rings. The highest BCUT2D eigenvalue weighted by Crippen LogP contribution is 2.39. The number of nitrogens with two attached hydrogens (primary N) is 1. The molecule has 2 heterocycles. The van der Waals surface area contributed by atoms with E-state index < -0.39 is 17.3 Å². The van der Waals surface area contributed by atoms with E-state index in [-0.39, 0.29) is 0 Å². The highest BCUT2D eigenvalue weighted by Gasteiger charge is 2.38. The highest BCUT2D eigenvalue weighted by atomic mass is 19.4. The van der Waals surface area contributed by atoms with Gasteiger partial charge in [-0.3, -0.25) is 4.98 Å². The molecule has 1 aromatic carbocycles. The standard InChI is InChI=1S/C15H13F3N2O/c16-15(17,18)11-5-3-10(4-6-11)14(19)7-9-21-12-2-1-8-20-13(12)14/h1-6,8H,7,9,19H2/t14-/m0/s1. The quantitative estimate of drug-likeness (QED) is 0.879. The van der Waals surface area contributed by atoms with Gasteiger partial charge in [-0.25, -0.2) is 0 Å². The van der Waals surface area contributed by atoms with Crippen molar-refractivity contribution in [2.75, 3.05) is 6.61 Å². The maximum absolute atomic E-state index is 12.6. The van der Waals surface area contributed by atoms with Crippen LogP contribution in [0.1, 0.15) is 23.2 Å². The van der Waals surface area contributed by atoms with Crippen LogP contribution in [0.25, 0.3) is 0 Å². The van der Waals surface area contributed by atoms with Crippen LogP contribution in [-0.2, 0) is 11.7 Å². The smallest absolute Gasteiger partial charge is 0.416 e. The van der Waals surface area contributed by atoms with Crippen LogP contribution in [-0.4, -0.2) is 11.6 Å². The van der Waals surface area contributed by atoms with E-state index >= 15 is 0 Å². The van der Waals surface area contributed by atoms with Crippen LogP contribution >= 0.6 is 0 Å². The van der Waals surface area contributed by atoms with Crippen LogP contribution in [0, 0.1) is 0 Å². The van der Waals surface area contributed by atoms with Crippen molar-refractivity contribution in [1.29, 1.82) is 0 Å². The summed E-state index contributed by atoms with van der Waals surface area (Å²) in [6.07, 6.45) is -2.30. The third-order valence-electron chi connectivity index (χ3n) is 3.67. The van der Waals surface area contributed by atoms with E-state index in [0.717, 1.165) is 12.1 Å². The summed E-state index contributed by atoms with van der Waals surface area (Å²) in [6, 6.07) is 8.40. The molecule has 0 saturated heterocycles. The summed E-state index contributed by atoms with van der Waals surface area (Å²) in [6.45, 7) is 0.399. The number of halogens is 3. The van der Waals surface area contributed by atoms with Gasteiger partial charge in [-0.05, 0) is 29.8 Å². The highest BCUT2D eigenvalue weighted by molar-refractivity contribution is 5.44. The summed E-state index contributed by atoms with van der Waals surface area (Å²) < 4.78 is 43.4. The van der Waals surface area contributed by atoms with E-state index in [9.17, 15) is 13.2 Å². The fourth-order valence-electron chi connectivity index (χ4n) is 2.52. The van der Waals surface area contributed by atoms with Gasteiger partial charge in [0.2, 0.25) is 0 Å². The van der Waals surface area contributed by atoms with Gasteiger partial charge in [-0.1, -0.05) is 12.1 Å². The Hall–Kier alpha value is -2.08. The molecule has 1 aliphatic heterocycles. The van der Waals surface area contributed by atoms with Gasteiger partial charge < -0.3 is 10.5 Å². The molecule has 0 bridgehead atoms. The molecule has 0 aliphatic carbocycles. The molecule has 0 radical (unpaired) electrons. The van der Waals surface area contributed by atoms with Crippen LogP contribution in [0.2, 0.25) is 0 Å². The SMILES string of the molecule is N[C@]1(c2ccc(C(F)(F)F)cc2)CCOc2cccnc21. The summed E-state index contributed by atoms with van der Waals surface area (Å²) in [5, 5.41) is 0. The van der Waals surface area contributed by atoms with E-state index in [1.165, 1.54) is 12.1 Å². The molecule has 2 aromatic rings. The van der Waals surface area contributed by atoms with Crippen molar-refractivity contribution in [3.63, 3.8) is 0 Å². The summed E-state index contributed by atoms with van der Waals surface area (Å²) in [4.78, 5) is 4.25. The van der Waals surface area contributed by atoms with Crippen LogP contribution < -0.4 is 10.5 Å². The van der Waals surface area contributed by atoms with Crippen molar-refractivity contribution in [3.8, 4) is 5.75 Å². The van der Waals surface area contributed by atoms with Crippen molar-refractivity contribution in [1.82, 2.24) is 4.98 Å². The molecule has 0 spiro atoms. The van der Waals surface area contributed by atoms with Gasteiger partial charge in [0.1, 0.15) is 11.4 Å². The van der Waals surface area contributed by atoms with Crippen LogP contribution in [0.4, 0.5) is 13.2 Å². The second-order valence-electron chi connectivity index (χ2n) is 5.00. The molecule has 21 heavy (non-hydrogen) atoms. The monoisotopic (exact) mass is 294 g/mol. The number of hydrogen-bond donors (Lipinski definition) is 1. The van der Waals surface area contributed by atoms with Crippen LogP contribution in [0.5, 0.6) is 5.75 Å². The Balaban J connectivity index is 2.04. The molecule has 1 atom stereocenters. The van der Waals surface area contributed by atoms with Crippen molar-refractivity contribution in [2.24, 2.45) is 5.73 Å². The van der Waals surface area contributed by atoms with Gasteiger partial charge in [0.05, 0.1) is 17.7 Å². The zero-order valence-electron chi connectivity index (χ0n) is 11.0. The number of alkyl halides is 3. The normalized spacial score (nSPS) is 21.5. The predicted molar refractivity (Wildman–Crippen MR) is 70.8 cm³/mol. The van der Waals surface area contributed by atoms with E-state index in [1.54, 1.807) is 18.3 Å². The minimum Gasteiger partial charge on any atom is -0.491 e. The van der Waals surface area contributed by atoms with Crippen LogP contribution in [0.15, 0.2) is 42.6 Å². The average molecular weight is 294 g/mol. The van der Waals surface area contributed by atoms with Gasteiger partial charge in [-0.15, -0.1) is 0 Å². The van der Waals surface area contributed by atoms with Gasteiger partial charge in [0.15, 0.2) is 0 Å². The number of benzene rings is 1. The Bertz CT molecular complexity index is 655. The van der Waals surface area contributed by atoms with Gasteiger partial charge >= 0.3 is 6.18 Å². The predicted octanol–water partition coefficient (Wildman–Crippen LogP) is 3.09. The molecular formula is C15H13F3N2O. The third-order valence-corrected chi connectivity index (χ3v) is 3.67. The number of ether oxygens (including phenoxy) is 1.